The number of amides is 1. The summed E-state index contributed by atoms with van der Waals surface area (Å²) in [6, 6.07) is 24.2. The maximum Gasteiger partial charge on any atom is 0.251 e. The first kappa shape index (κ1) is 17.0. The molecule has 0 fully saturated rings. The Labute approximate surface area is 149 Å². The van der Waals surface area contributed by atoms with E-state index in [0.29, 0.717) is 6.54 Å². The van der Waals surface area contributed by atoms with Crippen molar-refractivity contribution in [1.29, 1.82) is 0 Å². The van der Waals surface area contributed by atoms with Gasteiger partial charge in [0.25, 0.3) is 5.91 Å². The van der Waals surface area contributed by atoms with E-state index < -0.39 is 0 Å². The fourth-order valence-electron chi connectivity index (χ4n) is 3.10. The fourth-order valence-corrected chi connectivity index (χ4v) is 3.10. The van der Waals surface area contributed by atoms with E-state index in [2.05, 4.69) is 41.4 Å². The van der Waals surface area contributed by atoms with Crippen LogP contribution in [0.5, 0.6) is 0 Å². The second-order valence-corrected chi connectivity index (χ2v) is 6.05. The Morgan fingerprint density at radius 1 is 0.920 bits per heavy atom. The minimum Gasteiger partial charge on any atom is -0.372 e. The highest BCUT2D eigenvalue weighted by molar-refractivity contribution is 6.06. The molecule has 0 aliphatic heterocycles. The molecule has 0 aromatic heterocycles. The summed E-state index contributed by atoms with van der Waals surface area (Å²) in [7, 11) is 0. The van der Waals surface area contributed by atoms with E-state index in [1.807, 2.05) is 48.5 Å². The fraction of sp³-hybridized carbons (Fsp3) is 0.227. The lowest BCUT2D eigenvalue weighted by Crippen LogP contribution is -2.30. The number of carbonyl (C=O) groups is 1. The highest BCUT2D eigenvalue weighted by atomic mass is 16.1. The topological polar surface area (TPSA) is 32.3 Å². The van der Waals surface area contributed by atoms with Crippen LogP contribution in [0.25, 0.3) is 10.8 Å². The molecule has 1 amide bonds. The third-order valence-electron chi connectivity index (χ3n) is 4.43. The summed E-state index contributed by atoms with van der Waals surface area (Å²) >= 11 is 0. The van der Waals surface area contributed by atoms with Crippen molar-refractivity contribution in [1.82, 2.24) is 5.32 Å². The SMILES string of the molecule is CCN(CCCNC(=O)c1cccc2ccccc12)c1ccccc1. The van der Waals surface area contributed by atoms with Gasteiger partial charge in [0.2, 0.25) is 0 Å². The van der Waals surface area contributed by atoms with Crippen LogP contribution in [-0.4, -0.2) is 25.5 Å². The number of anilines is 1. The molecule has 3 aromatic carbocycles. The molecule has 0 aliphatic rings. The van der Waals surface area contributed by atoms with Gasteiger partial charge >= 0.3 is 0 Å². The number of nitrogens with zero attached hydrogens (tertiary/aromatic N) is 1. The predicted molar refractivity (Wildman–Crippen MR) is 105 cm³/mol. The zero-order chi connectivity index (χ0) is 17.5. The van der Waals surface area contributed by atoms with Crippen LogP contribution < -0.4 is 10.2 Å². The number of hydrogen-bond acceptors (Lipinski definition) is 2. The van der Waals surface area contributed by atoms with E-state index in [4.69, 9.17) is 0 Å². The van der Waals surface area contributed by atoms with Gasteiger partial charge in [0, 0.05) is 30.9 Å². The van der Waals surface area contributed by atoms with Gasteiger partial charge in [0.1, 0.15) is 0 Å². The van der Waals surface area contributed by atoms with Crippen molar-refractivity contribution in [3.05, 3.63) is 78.4 Å². The number of carbonyl (C=O) groups excluding carboxylic acids is 1. The molecule has 0 heterocycles. The molecule has 0 saturated heterocycles. The molecule has 3 aromatic rings. The summed E-state index contributed by atoms with van der Waals surface area (Å²) in [5.74, 6) is -0.000408. The van der Waals surface area contributed by atoms with Crippen molar-refractivity contribution < 1.29 is 4.79 Å². The summed E-state index contributed by atoms with van der Waals surface area (Å²) in [5.41, 5.74) is 1.97. The largest absolute Gasteiger partial charge is 0.372 e. The zero-order valence-corrected chi connectivity index (χ0v) is 14.6. The minimum absolute atomic E-state index is 0.000408. The second-order valence-electron chi connectivity index (χ2n) is 6.05. The van der Waals surface area contributed by atoms with Crippen molar-refractivity contribution in [2.24, 2.45) is 0 Å². The lowest BCUT2D eigenvalue weighted by Gasteiger charge is -2.23. The Kier molecular flexibility index (Phi) is 5.68. The lowest BCUT2D eigenvalue weighted by molar-refractivity contribution is 0.0955. The van der Waals surface area contributed by atoms with E-state index in [1.165, 1.54) is 5.69 Å². The molecule has 0 aliphatic carbocycles. The minimum atomic E-state index is -0.000408. The van der Waals surface area contributed by atoms with Crippen LogP contribution in [0.3, 0.4) is 0 Å². The van der Waals surface area contributed by atoms with Crippen LogP contribution in [0.4, 0.5) is 5.69 Å². The van der Waals surface area contributed by atoms with Crippen LogP contribution in [0.1, 0.15) is 23.7 Å². The lowest BCUT2D eigenvalue weighted by atomic mass is 10.0. The predicted octanol–water partition coefficient (Wildman–Crippen LogP) is 4.49. The van der Waals surface area contributed by atoms with Crippen LogP contribution >= 0.6 is 0 Å². The van der Waals surface area contributed by atoms with Gasteiger partial charge in [-0.05, 0) is 42.3 Å². The molecule has 25 heavy (non-hydrogen) atoms. The number of fused-ring (bicyclic) bond motifs is 1. The molecule has 1 N–H and O–H groups in total. The Morgan fingerprint density at radius 3 is 2.44 bits per heavy atom. The van der Waals surface area contributed by atoms with Crippen molar-refractivity contribution in [2.75, 3.05) is 24.5 Å². The monoisotopic (exact) mass is 332 g/mol. The molecule has 0 bridgehead atoms. The number of rotatable bonds is 7. The molecule has 0 spiro atoms. The maximum absolute atomic E-state index is 12.5. The summed E-state index contributed by atoms with van der Waals surface area (Å²) in [4.78, 5) is 14.8. The van der Waals surface area contributed by atoms with Gasteiger partial charge in [-0.15, -0.1) is 0 Å². The van der Waals surface area contributed by atoms with Crippen molar-refractivity contribution in [3.63, 3.8) is 0 Å². The van der Waals surface area contributed by atoms with Crippen LogP contribution in [0.15, 0.2) is 72.8 Å². The van der Waals surface area contributed by atoms with Crippen LogP contribution in [0, 0.1) is 0 Å². The van der Waals surface area contributed by atoms with E-state index in [9.17, 15) is 4.79 Å². The first-order valence-electron chi connectivity index (χ1n) is 8.85. The number of hydrogen-bond donors (Lipinski definition) is 1. The van der Waals surface area contributed by atoms with Gasteiger partial charge in [0.15, 0.2) is 0 Å². The molecular weight excluding hydrogens is 308 g/mol. The first-order valence-corrected chi connectivity index (χ1v) is 8.85. The van der Waals surface area contributed by atoms with E-state index in [0.717, 1.165) is 35.8 Å². The average Bonchev–Trinajstić information content (AvgIpc) is 2.68. The zero-order valence-electron chi connectivity index (χ0n) is 14.6. The van der Waals surface area contributed by atoms with Gasteiger partial charge < -0.3 is 10.2 Å². The van der Waals surface area contributed by atoms with Gasteiger partial charge in [-0.25, -0.2) is 0 Å². The third kappa shape index (κ3) is 4.18. The standard InChI is InChI=1S/C22H24N2O/c1-2-24(19-12-4-3-5-13-19)17-9-16-23-22(25)21-15-8-11-18-10-6-7-14-20(18)21/h3-8,10-15H,2,9,16-17H2,1H3,(H,23,25). The van der Waals surface area contributed by atoms with Crippen LogP contribution in [0.2, 0.25) is 0 Å². The Morgan fingerprint density at radius 2 is 1.64 bits per heavy atom. The second kappa shape index (κ2) is 8.34. The summed E-state index contributed by atoms with van der Waals surface area (Å²) in [6.07, 6.45) is 0.916. The molecule has 0 radical (unpaired) electrons. The van der Waals surface area contributed by atoms with Gasteiger partial charge in [-0.2, -0.15) is 0 Å². The number of nitrogens with one attached hydrogen (secondary N) is 1. The molecular formula is C22H24N2O. The average molecular weight is 332 g/mol. The number of benzene rings is 3. The van der Waals surface area contributed by atoms with Crippen molar-refractivity contribution in [3.8, 4) is 0 Å². The van der Waals surface area contributed by atoms with E-state index in [-0.39, 0.29) is 5.91 Å². The summed E-state index contributed by atoms with van der Waals surface area (Å²) in [5, 5.41) is 5.15. The Balaban J connectivity index is 1.56. The normalized spacial score (nSPS) is 10.6. The molecule has 3 nitrogen and oxygen atoms in total. The summed E-state index contributed by atoms with van der Waals surface area (Å²) < 4.78 is 0. The molecule has 3 heteroatoms. The van der Waals surface area contributed by atoms with Gasteiger partial charge in [0.05, 0.1) is 0 Å². The molecule has 3 rings (SSSR count). The van der Waals surface area contributed by atoms with E-state index >= 15 is 0 Å². The Bertz CT molecular complexity index is 824. The van der Waals surface area contributed by atoms with Gasteiger partial charge in [-0.3, -0.25) is 4.79 Å². The molecule has 0 saturated carbocycles. The first-order chi connectivity index (χ1) is 12.3. The quantitative estimate of drug-likeness (QED) is 0.647. The molecule has 128 valence electrons. The molecule has 0 unspecified atom stereocenters. The molecule has 0 atom stereocenters. The Hall–Kier alpha value is -2.81. The smallest absolute Gasteiger partial charge is 0.251 e. The summed E-state index contributed by atoms with van der Waals surface area (Å²) in [6.45, 7) is 4.71. The number of para-hydroxylation sites is 1. The third-order valence-corrected chi connectivity index (χ3v) is 4.43. The van der Waals surface area contributed by atoms with Crippen molar-refractivity contribution in [2.45, 2.75) is 13.3 Å². The highest BCUT2D eigenvalue weighted by Gasteiger charge is 2.09. The van der Waals surface area contributed by atoms with Gasteiger partial charge in [-0.1, -0.05) is 54.6 Å². The highest BCUT2D eigenvalue weighted by Crippen LogP contribution is 2.18. The van der Waals surface area contributed by atoms with E-state index in [1.54, 1.807) is 0 Å². The maximum atomic E-state index is 12.5. The van der Waals surface area contributed by atoms with Crippen LogP contribution in [-0.2, 0) is 0 Å². The van der Waals surface area contributed by atoms with Crippen molar-refractivity contribution >= 4 is 22.4 Å².